The Bertz CT molecular complexity index is 513. The van der Waals surface area contributed by atoms with Gasteiger partial charge in [-0.2, -0.15) is 0 Å². The van der Waals surface area contributed by atoms with Crippen LogP contribution in [-0.4, -0.2) is 22.5 Å². The van der Waals surface area contributed by atoms with E-state index in [2.05, 4.69) is 26.8 Å². The summed E-state index contributed by atoms with van der Waals surface area (Å²) in [5.41, 5.74) is 4.21. The molecular formula is C14H17BrN2O3. The van der Waals surface area contributed by atoms with E-state index in [0.29, 0.717) is 22.9 Å². The number of hydrogen-bond donors (Lipinski definition) is 3. The van der Waals surface area contributed by atoms with E-state index in [1.807, 2.05) is 0 Å². The Morgan fingerprint density at radius 1 is 1.20 bits per heavy atom. The molecule has 1 aliphatic rings. The van der Waals surface area contributed by atoms with Crippen molar-refractivity contribution in [3.8, 4) is 0 Å². The zero-order chi connectivity index (χ0) is 14.6. The number of carbonyl (C=O) groups excluding carboxylic acids is 2. The van der Waals surface area contributed by atoms with Crippen molar-refractivity contribution in [3.63, 3.8) is 0 Å². The molecule has 0 aliphatic heterocycles. The van der Waals surface area contributed by atoms with E-state index in [0.717, 1.165) is 12.8 Å². The lowest BCUT2D eigenvalue weighted by Crippen LogP contribution is -2.44. The minimum atomic E-state index is -0.915. The second kappa shape index (κ2) is 6.37. The van der Waals surface area contributed by atoms with Crippen LogP contribution in [0.3, 0.4) is 0 Å². The Labute approximate surface area is 125 Å². The fraction of sp³-hybridized carbons (Fsp3) is 0.429. The van der Waals surface area contributed by atoms with Crippen LogP contribution in [0.1, 0.15) is 42.5 Å². The van der Waals surface area contributed by atoms with Crippen molar-refractivity contribution < 1.29 is 14.7 Å². The average Bonchev–Trinajstić information content (AvgIpc) is 2.83. The molecule has 0 spiro atoms. The second-order valence-corrected chi connectivity index (χ2v) is 5.94. The van der Waals surface area contributed by atoms with E-state index in [1.54, 1.807) is 24.3 Å². The number of halogens is 1. The van der Waals surface area contributed by atoms with Gasteiger partial charge in [0.15, 0.2) is 0 Å². The van der Waals surface area contributed by atoms with Crippen molar-refractivity contribution in [2.24, 2.45) is 0 Å². The summed E-state index contributed by atoms with van der Waals surface area (Å²) in [6, 6.07) is 6.94. The second-order valence-electron chi connectivity index (χ2n) is 5.09. The maximum absolute atomic E-state index is 11.9. The molecule has 0 aromatic heterocycles. The SMILES string of the molecule is O=C(CC1(O)CCCC1)NNC(=O)c1ccccc1Br. The largest absolute Gasteiger partial charge is 0.389 e. The standard InChI is InChI=1S/C14H17BrN2O3/c15-11-6-2-1-5-10(11)13(19)17-16-12(18)9-14(20)7-3-4-8-14/h1-2,5-6,20H,3-4,7-9H2,(H,16,18)(H,17,19). The predicted molar refractivity (Wildman–Crippen MR) is 77.8 cm³/mol. The van der Waals surface area contributed by atoms with E-state index < -0.39 is 11.5 Å². The van der Waals surface area contributed by atoms with Gasteiger partial charge in [0.1, 0.15) is 0 Å². The van der Waals surface area contributed by atoms with Crippen molar-refractivity contribution in [2.75, 3.05) is 0 Å². The molecule has 20 heavy (non-hydrogen) atoms. The van der Waals surface area contributed by atoms with Gasteiger partial charge in [-0.15, -0.1) is 0 Å². The molecule has 2 rings (SSSR count). The first kappa shape index (κ1) is 15.0. The van der Waals surface area contributed by atoms with E-state index in [9.17, 15) is 14.7 Å². The number of benzene rings is 1. The van der Waals surface area contributed by atoms with Crippen LogP contribution in [0.15, 0.2) is 28.7 Å². The summed E-state index contributed by atoms with van der Waals surface area (Å²) in [6.07, 6.45) is 3.17. The van der Waals surface area contributed by atoms with Crippen LogP contribution < -0.4 is 10.9 Å². The third-order valence-corrected chi connectivity index (χ3v) is 4.15. The molecule has 0 atom stereocenters. The van der Waals surface area contributed by atoms with Gasteiger partial charge in [-0.05, 0) is 40.9 Å². The summed E-state index contributed by atoms with van der Waals surface area (Å²) in [5.74, 6) is -0.779. The minimum Gasteiger partial charge on any atom is -0.389 e. The lowest BCUT2D eigenvalue weighted by atomic mass is 9.98. The van der Waals surface area contributed by atoms with Crippen molar-refractivity contribution in [1.82, 2.24) is 10.9 Å². The molecule has 108 valence electrons. The first-order chi connectivity index (χ1) is 9.50. The Balaban J connectivity index is 1.84. The quantitative estimate of drug-likeness (QED) is 0.735. The van der Waals surface area contributed by atoms with Crippen molar-refractivity contribution in [3.05, 3.63) is 34.3 Å². The van der Waals surface area contributed by atoms with Gasteiger partial charge in [-0.1, -0.05) is 25.0 Å². The van der Waals surface area contributed by atoms with Crippen LogP contribution in [0.25, 0.3) is 0 Å². The summed E-state index contributed by atoms with van der Waals surface area (Å²) in [7, 11) is 0. The minimum absolute atomic E-state index is 0.0171. The molecule has 6 heteroatoms. The van der Waals surface area contributed by atoms with Crippen molar-refractivity contribution >= 4 is 27.7 Å². The van der Waals surface area contributed by atoms with E-state index in [4.69, 9.17) is 0 Å². The summed E-state index contributed by atoms with van der Waals surface area (Å²) >= 11 is 3.27. The molecule has 0 radical (unpaired) electrons. The summed E-state index contributed by atoms with van der Waals surface area (Å²) in [5, 5.41) is 10.1. The lowest BCUT2D eigenvalue weighted by molar-refractivity contribution is -0.126. The van der Waals surface area contributed by atoms with Gasteiger partial charge in [-0.25, -0.2) is 0 Å². The molecular weight excluding hydrogens is 324 g/mol. The zero-order valence-corrected chi connectivity index (χ0v) is 12.6. The highest BCUT2D eigenvalue weighted by Crippen LogP contribution is 2.32. The molecule has 2 amide bonds. The number of hydrogen-bond acceptors (Lipinski definition) is 3. The lowest BCUT2D eigenvalue weighted by Gasteiger charge is -2.21. The molecule has 1 fully saturated rings. The molecule has 3 N–H and O–H groups in total. The van der Waals surface area contributed by atoms with Crippen molar-refractivity contribution in [2.45, 2.75) is 37.7 Å². The van der Waals surface area contributed by atoms with Gasteiger partial charge in [0.25, 0.3) is 5.91 Å². The maximum Gasteiger partial charge on any atom is 0.270 e. The third-order valence-electron chi connectivity index (χ3n) is 3.46. The van der Waals surface area contributed by atoms with Gasteiger partial charge in [0, 0.05) is 4.47 Å². The topological polar surface area (TPSA) is 78.4 Å². The van der Waals surface area contributed by atoms with Gasteiger partial charge in [0.2, 0.25) is 5.91 Å². The molecule has 0 bridgehead atoms. The summed E-state index contributed by atoms with van der Waals surface area (Å²) in [6.45, 7) is 0. The first-order valence-corrected chi connectivity index (χ1v) is 7.36. The van der Waals surface area contributed by atoms with Crippen LogP contribution in [0, 0.1) is 0 Å². The molecule has 0 saturated heterocycles. The number of amides is 2. The van der Waals surface area contributed by atoms with Crippen LogP contribution in [0.5, 0.6) is 0 Å². The highest BCUT2D eigenvalue weighted by molar-refractivity contribution is 9.10. The summed E-state index contributed by atoms with van der Waals surface area (Å²) < 4.78 is 0.654. The van der Waals surface area contributed by atoms with Gasteiger partial charge in [-0.3, -0.25) is 20.4 Å². The van der Waals surface area contributed by atoms with Crippen LogP contribution >= 0.6 is 15.9 Å². The molecule has 1 aromatic rings. The Morgan fingerprint density at radius 2 is 1.85 bits per heavy atom. The van der Waals surface area contributed by atoms with E-state index in [1.165, 1.54) is 0 Å². The Kier molecular flexibility index (Phi) is 4.77. The number of aliphatic hydroxyl groups is 1. The smallest absolute Gasteiger partial charge is 0.270 e. The van der Waals surface area contributed by atoms with E-state index >= 15 is 0 Å². The molecule has 0 heterocycles. The van der Waals surface area contributed by atoms with Gasteiger partial charge >= 0.3 is 0 Å². The zero-order valence-electron chi connectivity index (χ0n) is 11.0. The first-order valence-electron chi connectivity index (χ1n) is 6.56. The summed E-state index contributed by atoms with van der Waals surface area (Å²) in [4.78, 5) is 23.6. The molecule has 0 unspecified atom stereocenters. The predicted octanol–water partition coefficient (Wildman–Crippen LogP) is 1.91. The van der Waals surface area contributed by atoms with E-state index in [-0.39, 0.29) is 12.3 Å². The molecule has 1 saturated carbocycles. The maximum atomic E-state index is 11.9. The van der Waals surface area contributed by atoms with Gasteiger partial charge < -0.3 is 5.11 Å². The monoisotopic (exact) mass is 340 g/mol. The van der Waals surface area contributed by atoms with Crippen molar-refractivity contribution in [1.29, 1.82) is 0 Å². The third kappa shape index (κ3) is 3.80. The molecule has 5 nitrogen and oxygen atoms in total. The fourth-order valence-corrected chi connectivity index (χ4v) is 2.86. The number of carbonyl (C=O) groups is 2. The Morgan fingerprint density at radius 3 is 2.50 bits per heavy atom. The fourth-order valence-electron chi connectivity index (χ4n) is 2.39. The highest BCUT2D eigenvalue weighted by Gasteiger charge is 2.33. The van der Waals surface area contributed by atoms with Crippen LogP contribution in [0.2, 0.25) is 0 Å². The number of rotatable bonds is 3. The molecule has 1 aromatic carbocycles. The highest BCUT2D eigenvalue weighted by atomic mass is 79.9. The number of nitrogens with one attached hydrogen (secondary N) is 2. The average molecular weight is 341 g/mol. The van der Waals surface area contributed by atoms with Gasteiger partial charge in [0.05, 0.1) is 17.6 Å². The van der Waals surface area contributed by atoms with Crippen LogP contribution in [0.4, 0.5) is 0 Å². The molecule has 1 aliphatic carbocycles. The normalized spacial score (nSPS) is 16.7. The Hall–Kier alpha value is -1.40. The number of hydrazine groups is 1. The van der Waals surface area contributed by atoms with Crippen LogP contribution in [-0.2, 0) is 4.79 Å².